The van der Waals surface area contributed by atoms with Crippen LogP contribution >= 0.6 is 11.3 Å². The van der Waals surface area contributed by atoms with Crippen LogP contribution in [-0.4, -0.2) is 39.2 Å². The molecular formula is C15H26N4OS. The van der Waals surface area contributed by atoms with Crippen LogP contribution in [0.5, 0.6) is 0 Å². The number of anilines is 1. The number of nitrogens with one attached hydrogen (secondary N) is 1. The normalized spacial score (nSPS) is 13.1. The van der Waals surface area contributed by atoms with Crippen LogP contribution in [0.25, 0.3) is 4.96 Å². The molecule has 6 heteroatoms. The monoisotopic (exact) mass is 310 g/mol. The number of nitrogens with zero attached hydrogens (tertiary/aromatic N) is 3. The van der Waals surface area contributed by atoms with E-state index in [1.54, 1.807) is 11.3 Å². The summed E-state index contributed by atoms with van der Waals surface area (Å²) in [6.07, 6.45) is 2.05. The molecule has 0 aliphatic rings. The third-order valence-corrected chi connectivity index (χ3v) is 4.50. The van der Waals surface area contributed by atoms with Gasteiger partial charge >= 0.3 is 0 Å². The van der Waals surface area contributed by atoms with E-state index in [1.807, 2.05) is 26.3 Å². The zero-order valence-electron chi connectivity index (χ0n) is 13.8. The predicted octanol–water partition coefficient (Wildman–Crippen LogP) is 2.49. The minimum Gasteiger partial charge on any atom is -0.394 e. The number of aliphatic hydroxyl groups is 1. The molecule has 0 aliphatic carbocycles. The van der Waals surface area contributed by atoms with Gasteiger partial charge in [0.25, 0.3) is 0 Å². The van der Waals surface area contributed by atoms with Crippen LogP contribution in [0, 0.1) is 0 Å². The van der Waals surface area contributed by atoms with E-state index in [-0.39, 0.29) is 17.7 Å². The smallest absolute Gasteiger partial charge is 0.195 e. The van der Waals surface area contributed by atoms with Crippen LogP contribution in [0.3, 0.4) is 0 Å². The van der Waals surface area contributed by atoms with Crippen LogP contribution in [-0.2, 0) is 6.54 Å². The molecule has 0 saturated carbocycles. The van der Waals surface area contributed by atoms with Crippen molar-refractivity contribution in [1.29, 1.82) is 0 Å². The average molecular weight is 310 g/mol. The van der Waals surface area contributed by atoms with Gasteiger partial charge < -0.3 is 15.3 Å². The van der Waals surface area contributed by atoms with Gasteiger partial charge in [0, 0.05) is 30.7 Å². The van der Waals surface area contributed by atoms with Gasteiger partial charge in [-0.05, 0) is 34.6 Å². The molecule has 0 bridgehead atoms. The fourth-order valence-electron chi connectivity index (χ4n) is 2.00. The SMILES string of the molecule is CN(c1nc2sccn2c1CNC(C)(C)C)C(C)(C)CO. The third kappa shape index (κ3) is 3.39. The Morgan fingerprint density at radius 3 is 2.57 bits per heavy atom. The summed E-state index contributed by atoms with van der Waals surface area (Å²) in [6.45, 7) is 11.3. The molecule has 21 heavy (non-hydrogen) atoms. The fourth-order valence-corrected chi connectivity index (χ4v) is 2.72. The van der Waals surface area contributed by atoms with E-state index in [0.717, 1.165) is 23.0 Å². The zero-order chi connectivity index (χ0) is 15.8. The quantitative estimate of drug-likeness (QED) is 0.891. The van der Waals surface area contributed by atoms with Crippen LogP contribution in [0.4, 0.5) is 5.82 Å². The first-order valence-electron chi connectivity index (χ1n) is 7.20. The number of imidazole rings is 1. The van der Waals surface area contributed by atoms with Gasteiger partial charge in [-0.1, -0.05) is 0 Å². The first-order chi connectivity index (χ1) is 9.65. The number of hydrogen-bond donors (Lipinski definition) is 2. The number of hydrogen-bond acceptors (Lipinski definition) is 5. The van der Waals surface area contributed by atoms with Gasteiger partial charge in [-0.3, -0.25) is 4.40 Å². The minimum atomic E-state index is -0.347. The van der Waals surface area contributed by atoms with Crippen molar-refractivity contribution in [3.05, 3.63) is 17.3 Å². The molecular weight excluding hydrogens is 284 g/mol. The molecule has 2 N–H and O–H groups in total. The molecule has 118 valence electrons. The molecule has 2 aromatic heterocycles. The zero-order valence-corrected chi connectivity index (χ0v) is 14.6. The maximum atomic E-state index is 9.61. The topological polar surface area (TPSA) is 52.8 Å². The van der Waals surface area contributed by atoms with Crippen molar-refractivity contribution in [1.82, 2.24) is 14.7 Å². The van der Waals surface area contributed by atoms with E-state index in [4.69, 9.17) is 4.98 Å². The summed E-state index contributed by atoms with van der Waals surface area (Å²) in [5, 5.41) is 15.2. The molecule has 0 spiro atoms. The van der Waals surface area contributed by atoms with Crippen molar-refractivity contribution in [3.8, 4) is 0 Å². The Morgan fingerprint density at radius 2 is 2.00 bits per heavy atom. The van der Waals surface area contributed by atoms with Gasteiger partial charge in [0.05, 0.1) is 17.8 Å². The van der Waals surface area contributed by atoms with Crippen molar-refractivity contribution >= 4 is 22.1 Å². The standard InChI is InChI=1S/C15H26N4OS/c1-14(2,3)16-9-11-12(18(6)15(4,5)10-20)17-13-19(11)7-8-21-13/h7-8,16,20H,9-10H2,1-6H3. The Hall–Kier alpha value is -1.11. The average Bonchev–Trinajstić information content (AvgIpc) is 2.94. The predicted molar refractivity (Wildman–Crippen MR) is 89.2 cm³/mol. The van der Waals surface area contributed by atoms with E-state index >= 15 is 0 Å². The lowest BCUT2D eigenvalue weighted by atomic mass is 10.0. The van der Waals surface area contributed by atoms with Gasteiger partial charge in [-0.2, -0.15) is 0 Å². The van der Waals surface area contributed by atoms with Gasteiger partial charge in [-0.25, -0.2) is 4.98 Å². The summed E-state index contributed by atoms with van der Waals surface area (Å²) in [6, 6.07) is 0. The van der Waals surface area contributed by atoms with Crippen molar-refractivity contribution < 1.29 is 5.11 Å². The Bertz CT molecular complexity index is 609. The van der Waals surface area contributed by atoms with E-state index in [0.29, 0.717) is 0 Å². The Balaban J connectivity index is 2.41. The van der Waals surface area contributed by atoms with E-state index in [1.165, 1.54) is 0 Å². The second-order valence-electron chi connectivity index (χ2n) is 7.07. The molecule has 2 rings (SSSR count). The molecule has 2 aromatic rings. The maximum absolute atomic E-state index is 9.61. The lowest BCUT2D eigenvalue weighted by Gasteiger charge is -2.35. The van der Waals surface area contributed by atoms with Crippen molar-refractivity contribution in [2.24, 2.45) is 0 Å². The highest BCUT2D eigenvalue weighted by Gasteiger charge is 2.28. The number of rotatable bonds is 5. The van der Waals surface area contributed by atoms with Crippen molar-refractivity contribution in [2.75, 3.05) is 18.6 Å². The fraction of sp³-hybridized carbons (Fsp3) is 0.667. The molecule has 2 heterocycles. The van der Waals surface area contributed by atoms with Crippen molar-refractivity contribution in [3.63, 3.8) is 0 Å². The van der Waals surface area contributed by atoms with Gasteiger partial charge in [0.1, 0.15) is 0 Å². The van der Waals surface area contributed by atoms with Gasteiger partial charge in [0.15, 0.2) is 10.8 Å². The van der Waals surface area contributed by atoms with Gasteiger partial charge in [-0.15, -0.1) is 11.3 Å². The van der Waals surface area contributed by atoms with Gasteiger partial charge in [0.2, 0.25) is 0 Å². The third-order valence-electron chi connectivity index (χ3n) is 3.74. The minimum absolute atomic E-state index is 0.0442. The highest BCUT2D eigenvalue weighted by molar-refractivity contribution is 7.15. The molecule has 0 fully saturated rings. The molecule has 0 amide bonds. The molecule has 0 radical (unpaired) electrons. The summed E-state index contributed by atoms with van der Waals surface area (Å²) in [7, 11) is 1.99. The van der Waals surface area contributed by atoms with Crippen molar-refractivity contribution in [2.45, 2.75) is 52.2 Å². The van der Waals surface area contributed by atoms with E-state index < -0.39 is 0 Å². The summed E-state index contributed by atoms with van der Waals surface area (Å²) in [4.78, 5) is 7.79. The van der Waals surface area contributed by atoms with Crippen LogP contribution < -0.4 is 10.2 Å². The maximum Gasteiger partial charge on any atom is 0.195 e. The number of fused-ring (bicyclic) bond motifs is 1. The van der Waals surface area contributed by atoms with Crippen LogP contribution in [0.15, 0.2) is 11.6 Å². The van der Waals surface area contributed by atoms with Crippen LogP contribution in [0.1, 0.15) is 40.3 Å². The molecule has 0 atom stereocenters. The first-order valence-corrected chi connectivity index (χ1v) is 8.08. The Labute approximate surface area is 130 Å². The lowest BCUT2D eigenvalue weighted by molar-refractivity contribution is 0.215. The molecule has 0 saturated heterocycles. The Kier molecular flexibility index (Phi) is 4.33. The molecule has 5 nitrogen and oxygen atoms in total. The summed E-state index contributed by atoms with van der Waals surface area (Å²) >= 11 is 1.63. The summed E-state index contributed by atoms with van der Waals surface area (Å²) < 4.78 is 2.13. The van der Waals surface area contributed by atoms with Crippen LogP contribution in [0.2, 0.25) is 0 Å². The highest BCUT2D eigenvalue weighted by atomic mass is 32.1. The summed E-state index contributed by atoms with van der Waals surface area (Å²) in [5.41, 5.74) is 0.827. The lowest BCUT2D eigenvalue weighted by Crippen LogP contribution is -2.45. The first kappa shape index (κ1) is 16.3. The Morgan fingerprint density at radius 1 is 1.33 bits per heavy atom. The molecule has 0 aliphatic heterocycles. The number of aromatic nitrogens is 2. The number of aliphatic hydroxyl groups excluding tert-OH is 1. The van der Waals surface area contributed by atoms with E-state index in [9.17, 15) is 5.11 Å². The second kappa shape index (κ2) is 5.59. The second-order valence-corrected chi connectivity index (χ2v) is 7.94. The largest absolute Gasteiger partial charge is 0.394 e. The molecule has 0 aromatic carbocycles. The number of thiazole rings is 1. The highest BCUT2D eigenvalue weighted by Crippen LogP contribution is 2.28. The van der Waals surface area contributed by atoms with E-state index in [2.05, 4.69) is 41.6 Å². The molecule has 0 unspecified atom stereocenters. The summed E-state index contributed by atoms with van der Waals surface area (Å²) in [5.74, 6) is 0.928. The number of likely N-dealkylation sites (N-methyl/N-ethyl adjacent to an activating group) is 1.